The molecule has 0 saturated heterocycles. The van der Waals surface area contributed by atoms with E-state index in [2.05, 4.69) is 26.8 Å². The van der Waals surface area contributed by atoms with E-state index in [-0.39, 0.29) is 51.3 Å². The summed E-state index contributed by atoms with van der Waals surface area (Å²) in [5, 5.41) is 56.9. The average molecular weight is 627 g/mol. The first-order valence-electron chi connectivity index (χ1n) is 18.8. The van der Waals surface area contributed by atoms with E-state index in [9.17, 15) is 25.5 Å². The van der Waals surface area contributed by atoms with Gasteiger partial charge < -0.3 is 25.5 Å². The molecular formula is C39H62O6. The molecule has 7 aliphatic carbocycles. The van der Waals surface area contributed by atoms with Gasteiger partial charge in [0, 0.05) is 27.6 Å². The number of rotatable bonds is 8. The minimum atomic E-state index is -1.04. The van der Waals surface area contributed by atoms with Crippen molar-refractivity contribution >= 4 is 5.78 Å². The zero-order valence-electron chi connectivity index (χ0n) is 28.6. The Labute approximate surface area is 271 Å². The van der Waals surface area contributed by atoms with Crippen molar-refractivity contribution in [3.05, 3.63) is 11.6 Å². The summed E-state index contributed by atoms with van der Waals surface area (Å²) in [6.45, 7) is 8.62. The second-order valence-electron chi connectivity index (χ2n) is 18.4. The largest absolute Gasteiger partial charge is 0.396 e. The maximum Gasteiger partial charge on any atom is 0.159 e. The van der Waals surface area contributed by atoms with Gasteiger partial charge in [-0.05, 0) is 118 Å². The molecule has 7 aliphatic rings. The lowest BCUT2D eigenvalue weighted by atomic mass is 9.25. The summed E-state index contributed by atoms with van der Waals surface area (Å²) in [4.78, 5) is 15.3. The number of carbonyl (C=O) groups is 1. The van der Waals surface area contributed by atoms with E-state index in [0.717, 1.165) is 89.9 Å². The zero-order chi connectivity index (χ0) is 32.3. The zero-order valence-corrected chi connectivity index (χ0v) is 28.6. The highest BCUT2D eigenvalue weighted by atomic mass is 16.3. The Morgan fingerprint density at radius 2 is 1.64 bits per heavy atom. The van der Waals surface area contributed by atoms with Crippen LogP contribution in [0.15, 0.2) is 11.6 Å². The van der Waals surface area contributed by atoms with Crippen LogP contribution in [0.4, 0.5) is 0 Å². The van der Waals surface area contributed by atoms with Gasteiger partial charge in [-0.25, -0.2) is 0 Å². The monoisotopic (exact) mass is 626 g/mol. The Morgan fingerprint density at radius 3 is 2.36 bits per heavy atom. The van der Waals surface area contributed by atoms with Crippen LogP contribution in [0, 0.1) is 55.7 Å². The molecule has 6 nitrogen and oxygen atoms in total. The first kappa shape index (κ1) is 32.7. The summed E-state index contributed by atoms with van der Waals surface area (Å²) in [5.41, 5.74) is -1.32. The molecule has 0 aliphatic heterocycles. The topological polar surface area (TPSA) is 118 Å². The summed E-state index contributed by atoms with van der Waals surface area (Å²) in [6.07, 6.45) is 15.9. The molecule has 0 aromatic heterocycles. The van der Waals surface area contributed by atoms with E-state index >= 15 is 4.79 Å². The lowest BCUT2D eigenvalue weighted by Gasteiger charge is -2.79. The second kappa shape index (κ2) is 10.6. The van der Waals surface area contributed by atoms with Gasteiger partial charge >= 0.3 is 0 Å². The van der Waals surface area contributed by atoms with Gasteiger partial charge in [-0.1, -0.05) is 59.0 Å². The van der Waals surface area contributed by atoms with Gasteiger partial charge in [-0.3, -0.25) is 4.79 Å². The van der Waals surface area contributed by atoms with E-state index in [4.69, 9.17) is 0 Å². The fraction of sp³-hybridized carbons (Fsp3) is 0.923. The molecule has 0 radical (unpaired) electrons. The number of carbonyl (C=O) groups excluding carboxylic acids is 1. The molecule has 13 unspecified atom stereocenters. The van der Waals surface area contributed by atoms with Crippen molar-refractivity contribution in [1.29, 1.82) is 0 Å². The van der Waals surface area contributed by atoms with Crippen LogP contribution in [0.1, 0.15) is 137 Å². The highest BCUT2D eigenvalue weighted by molar-refractivity contribution is 5.96. The fourth-order valence-corrected chi connectivity index (χ4v) is 15.0. The van der Waals surface area contributed by atoms with Crippen molar-refractivity contribution in [3.8, 4) is 0 Å². The molecule has 1 spiro atoms. The van der Waals surface area contributed by atoms with Crippen LogP contribution >= 0.6 is 0 Å². The van der Waals surface area contributed by atoms with Crippen LogP contribution in [-0.2, 0) is 4.79 Å². The predicted octanol–water partition coefficient (Wildman–Crippen LogP) is 6.11. The van der Waals surface area contributed by atoms with Gasteiger partial charge in [0.15, 0.2) is 5.78 Å². The van der Waals surface area contributed by atoms with E-state index in [1.807, 2.05) is 6.92 Å². The predicted molar refractivity (Wildman–Crippen MR) is 174 cm³/mol. The van der Waals surface area contributed by atoms with E-state index in [0.29, 0.717) is 18.8 Å². The van der Waals surface area contributed by atoms with Crippen LogP contribution in [0.3, 0.4) is 0 Å². The number of ketones is 1. The molecule has 7 rings (SSSR count). The first-order valence-corrected chi connectivity index (χ1v) is 18.8. The molecule has 254 valence electrons. The second-order valence-corrected chi connectivity index (χ2v) is 18.4. The van der Waals surface area contributed by atoms with E-state index in [1.165, 1.54) is 12.0 Å². The van der Waals surface area contributed by atoms with Gasteiger partial charge in [0.1, 0.15) is 0 Å². The van der Waals surface area contributed by atoms with E-state index in [1.54, 1.807) is 0 Å². The highest BCUT2D eigenvalue weighted by Crippen LogP contribution is 2.84. The Morgan fingerprint density at radius 1 is 0.889 bits per heavy atom. The van der Waals surface area contributed by atoms with Crippen molar-refractivity contribution in [3.63, 3.8) is 0 Å². The molecule has 0 amide bonds. The third-order valence-corrected chi connectivity index (χ3v) is 17.2. The number of aliphatic hydroxyl groups excluding tert-OH is 5. The average Bonchev–Trinajstić information content (AvgIpc) is 3.01. The third kappa shape index (κ3) is 3.79. The number of fused-ring (bicyclic) bond motifs is 4. The number of allylic oxidation sites excluding steroid dienone is 2. The number of hydrogen-bond acceptors (Lipinski definition) is 6. The number of aliphatic hydroxyl groups is 5. The number of hydrogen-bond donors (Lipinski definition) is 5. The Balaban J connectivity index is 1.43. The Bertz CT molecular complexity index is 1230. The minimum Gasteiger partial charge on any atom is -0.396 e. The van der Waals surface area contributed by atoms with Crippen LogP contribution in [0.25, 0.3) is 0 Å². The van der Waals surface area contributed by atoms with E-state index < -0.39 is 35.7 Å². The quantitative estimate of drug-likeness (QED) is 0.208. The Hall–Kier alpha value is -0.790. The Kier molecular flexibility index (Phi) is 7.71. The van der Waals surface area contributed by atoms with Crippen molar-refractivity contribution in [2.24, 2.45) is 55.7 Å². The molecular weight excluding hydrogens is 564 g/mol. The maximum atomic E-state index is 15.3. The van der Waals surface area contributed by atoms with Gasteiger partial charge in [0.25, 0.3) is 0 Å². The van der Waals surface area contributed by atoms with Gasteiger partial charge in [0.2, 0.25) is 0 Å². The van der Waals surface area contributed by atoms with Gasteiger partial charge in [-0.15, -0.1) is 0 Å². The summed E-state index contributed by atoms with van der Waals surface area (Å²) in [7, 11) is 0. The lowest BCUT2D eigenvalue weighted by molar-refractivity contribution is -0.280. The third-order valence-electron chi connectivity index (χ3n) is 17.2. The van der Waals surface area contributed by atoms with Crippen LogP contribution in [-0.4, -0.2) is 62.8 Å². The van der Waals surface area contributed by atoms with Crippen molar-refractivity contribution in [2.75, 3.05) is 13.2 Å². The standard InChI is InChI=1S/C39H62O6/c1-5-6-7-8-13-36-16-12-29(43)35(4,31(45)22-40)27(36)11-15-34(3)32(36)26(42)20-28-37(34)17-10-25-9-14-33(2)18-19-38(24-41,30(44)21-37)39(25,28)23-33/h20,25,27,29-32,40-41,43-45H,5-19,21-24H2,1-4H3. The van der Waals surface area contributed by atoms with Crippen LogP contribution in [0.2, 0.25) is 0 Å². The summed E-state index contributed by atoms with van der Waals surface area (Å²) in [6, 6.07) is 0. The van der Waals surface area contributed by atoms with Crippen molar-refractivity contribution in [1.82, 2.24) is 0 Å². The first-order chi connectivity index (χ1) is 21.3. The normalized spacial score (nSPS) is 53.9. The minimum absolute atomic E-state index is 0.0127. The molecule has 45 heavy (non-hydrogen) atoms. The fourth-order valence-electron chi connectivity index (χ4n) is 15.0. The number of unbranched alkanes of at least 4 members (excludes halogenated alkanes) is 3. The molecule has 0 aromatic carbocycles. The SMILES string of the molecule is CCCCCCC12CCC(O)C(C)(C(O)CO)C1CCC1(C)C2C(=O)C=C2C13CCC1CCC4(C)CCC(CO)(C(O)C3)C21C4. The molecule has 6 saturated carbocycles. The molecule has 3 bridgehead atoms. The molecule has 6 heteroatoms. The molecule has 6 fully saturated rings. The molecule has 0 heterocycles. The van der Waals surface area contributed by atoms with Crippen molar-refractivity contribution in [2.45, 2.75) is 155 Å². The van der Waals surface area contributed by atoms with Crippen LogP contribution < -0.4 is 0 Å². The highest BCUT2D eigenvalue weighted by Gasteiger charge is 2.80. The maximum absolute atomic E-state index is 15.3. The van der Waals surface area contributed by atoms with Gasteiger partial charge in [0.05, 0.1) is 31.5 Å². The molecule has 5 N–H and O–H groups in total. The molecule has 13 atom stereocenters. The summed E-state index contributed by atoms with van der Waals surface area (Å²) in [5.74, 6) is 0.314. The van der Waals surface area contributed by atoms with Crippen LogP contribution in [0.5, 0.6) is 0 Å². The lowest BCUT2D eigenvalue weighted by Crippen LogP contribution is -2.76. The van der Waals surface area contributed by atoms with Gasteiger partial charge in [-0.2, -0.15) is 0 Å². The summed E-state index contributed by atoms with van der Waals surface area (Å²) >= 11 is 0. The summed E-state index contributed by atoms with van der Waals surface area (Å²) < 4.78 is 0. The van der Waals surface area contributed by atoms with Crippen molar-refractivity contribution < 1.29 is 30.3 Å². The smallest absolute Gasteiger partial charge is 0.159 e. The molecule has 0 aromatic rings.